The number of hydrogen-bond donors (Lipinski definition) is 0. The number of fused-ring (bicyclic) bond motifs is 1. The van der Waals surface area contributed by atoms with E-state index in [4.69, 9.17) is 0 Å². The minimum atomic E-state index is -3.43. The molecule has 0 fully saturated rings. The maximum Gasteiger partial charge on any atom is 0.325 e. The van der Waals surface area contributed by atoms with Crippen molar-refractivity contribution in [2.24, 2.45) is 4.99 Å². The number of methoxy groups -OCH3 is 1. The van der Waals surface area contributed by atoms with E-state index in [0.29, 0.717) is 6.07 Å². The van der Waals surface area contributed by atoms with Crippen LogP contribution in [-0.2, 0) is 25.9 Å². The van der Waals surface area contributed by atoms with Gasteiger partial charge >= 0.3 is 5.97 Å². The first-order valence-corrected chi connectivity index (χ1v) is 10.8. The van der Waals surface area contributed by atoms with Gasteiger partial charge in [0.05, 0.1) is 22.2 Å². The number of carbonyl (C=O) groups excluding carboxylic acids is 2. The molecule has 0 saturated carbocycles. The summed E-state index contributed by atoms with van der Waals surface area (Å²) in [4.78, 5) is 28.1. The van der Waals surface area contributed by atoms with E-state index >= 15 is 0 Å². The summed E-state index contributed by atoms with van der Waals surface area (Å²) in [5, 5.41) is 0. The molecule has 2 aromatic carbocycles. The van der Waals surface area contributed by atoms with Crippen molar-refractivity contribution in [2.75, 3.05) is 13.4 Å². The third-order valence-electron chi connectivity index (χ3n) is 3.94. The zero-order valence-corrected chi connectivity index (χ0v) is 16.8. The fourth-order valence-corrected chi connectivity index (χ4v) is 4.25. The molecule has 0 aliphatic carbocycles. The van der Waals surface area contributed by atoms with Crippen LogP contribution in [0.3, 0.4) is 0 Å². The van der Waals surface area contributed by atoms with E-state index in [1.807, 2.05) is 0 Å². The second kappa shape index (κ2) is 7.84. The van der Waals surface area contributed by atoms with Gasteiger partial charge in [-0.3, -0.25) is 9.59 Å². The summed E-state index contributed by atoms with van der Waals surface area (Å²) in [6, 6.07) is 6.85. The predicted molar refractivity (Wildman–Crippen MR) is 101 cm³/mol. The van der Waals surface area contributed by atoms with E-state index in [1.165, 1.54) is 24.3 Å². The molecule has 0 atom stereocenters. The van der Waals surface area contributed by atoms with Crippen LogP contribution in [0.1, 0.15) is 10.4 Å². The number of hydrogen-bond acceptors (Lipinski definition) is 6. The Morgan fingerprint density at radius 2 is 1.83 bits per heavy atom. The Labute approximate surface area is 167 Å². The first-order valence-electron chi connectivity index (χ1n) is 8.04. The Morgan fingerprint density at radius 3 is 2.41 bits per heavy atom. The monoisotopic (exact) mass is 440 g/mol. The maximum absolute atomic E-state index is 14.3. The quantitative estimate of drug-likeness (QED) is 0.580. The Morgan fingerprint density at radius 1 is 1.17 bits per heavy atom. The Hall–Kier alpha value is -2.92. The normalized spacial score (nSPS) is 12.3. The fraction of sp³-hybridized carbons (Fsp3) is 0.167. The van der Waals surface area contributed by atoms with Gasteiger partial charge < -0.3 is 9.30 Å². The highest BCUT2D eigenvalue weighted by molar-refractivity contribution is 7.90. The largest absolute Gasteiger partial charge is 0.468 e. The average molecular weight is 440 g/mol. The molecule has 0 aliphatic heterocycles. The summed E-state index contributed by atoms with van der Waals surface area (Å²) in [6.07, 6.45) is 1.04. The van der Waals surface area contributed by atoms with Crippen molar-refractivity contribution in [1.29, 1.82) is 0 Å². The van der Waals surface area contributed by atoms with Crippen LogP contribution in [0.2, 0.25) is 0 Å². The summed E-state index contributed by atoms with van der Waals surface area (Å²) in [7, 11) is -2.27. The third-order valence-corrected chi connectivity index (χ3v) is 6.09. The van der Waals surface area contributed by atoms with Crippen LogP contribution in [0, 0.1) is 11.6 Å². The van der Waals surface area contributed by atoms with E-state index < -0.39 is 39.9 Å². The molecule has 1 heterocycles. The number of amides is 1. The first kappa shape index (κ1) is 20.8. The molecule has 0 N–H and O–H groups in total. The molecule has 1 aromatic heterocycles. The van der Waals surface area contributed by atoms with Gasteiger partial charge in [0.1, 0.15) is 12.4 Å². The number of rotatable bonds is 4. The molecule has 3 rings (SSSR count). The number of thiazole rings is 1. The number of sulfone groups is 1. The van der Waals surface area contributed by atoms with Gasteiger partial charge in [-0.25, -0.2) is 17.2 Å². The van der Waals surface area contributed by atoms with Crippen molar-refractivity contribution < 1.29 is 31.5 Å². The smallest absolute Gasteiger partial charge is 0.325 e. The number of halogens is 2. The number of esters is 1. The summed E-state index contributed by atoms with van der Waals surface area (Å²) in [6.45, 7) is -0.432. The number of aromatic nitrogens is 1. The molecule has 0 aliphatic rings. The van der Waals surface area contributed by atoms with Crippen LogP contribution in [0.4, 0.5) is 8.78 Å². The minimum absolute atomic E-state index is 0.0351. The summed E-state index contributed by atoms with van der Waals surface area (Å²) < 4.78 is 56.8. The lowest BCUT2D eigenvalue weighted by atomic mass is 10.2. The lowest BCUT2D eigenvalue weighted by molar-refractivity contribution is -0.141. The molecular weight excluding hydrogens is 426 g/mol. The van der Waals surface area contributed by atoms with Gasteiger partial charge in [0.15, 0.2) is 20.5 Å². The van der Waals surface area contributed by atoms with Crippen molar-refractivity contribution in [3.63, 3.8) is 0 Å². The highest BCUT2D eigenvalue weighted by atomic mass is 32.2. The Balaban J connectivity index is 2.13. The molecule has 11 heteroatoms. The third kappa shape index (κ3) is 4.40. The van der Waals surface area contributed by atoms with Crippen LogP contribution >= 0.6 is 11.3 Å². The van der Waals surface area contributed by atoms with Crippen LogP contribution in [-0.4, -0.2) is 38.2 Å². The lowest BCUT2D eigenvalue weighted by Crippen LogP contribution is -2.23. The zero-order chi connectivity index (χ0) is 21.3. The SMILES string of the molecule is COC(=O)Cn1c(=NC(=O)c2ccc(S(C)(=O)=O)cc2)sc2cc(F)cc(F)c21. The lowest BCUT2D eigenvalue weighted by Gasteiger charge is -2.04. The molecular formula is C18H14F2N2O5S2. The Kier molecular flexibility index (Phi) is 5.62. The van der Waals surface area contributed by atoms with Gasteiger partial charge in [-0.05, 0) is 30.3 Å². The van der Waals surface area contributed by atoms with Crippen molar-refractivity contribution in [2.45, 2.75) is 11.4 Å². The van der Waals surface area contributed by atoms with E-state index in [2.05, 4.69) is 9.73 Å². The van der Waals surface area contributed by atoms with Crippen molar-refractivity contribution in [3.8, 4) is 0 Å². The zero-order valence-electron chi connectivity index (χ0n) is 15.2. The van der Waals surface area contributed by atoms with Gasteiger partial charge in [0.25, 0.3) is 5.91 Å². The molecule has 152 valence electrons. The average Bonchev–Trinajstić information content (AvgIpc) is 2.97. The fourth-order valence-electron chi connectivity index (χ4n) is 2.55. The minimum Gasteiger partial charge on any atom is -0.468 e. The molecule has 29 heavy (non-hydrogen) atoms. The van der Waals surface area contributed by atoms with Gasteiger partial charge in [-0.1, -0.05) is 11.3 Å². The van der Waals surface area contributed by atoms with Crippen LogP contribution in [0.25, 0.3) is 10.2 Å². The second-order valence-electron chi connectivity index (χ2n) is 5.99. The van der Waals surface area contributed by atoms with Gasteiger partial charge in [-0.15, -0.1) is 0 Å². The van der Waals surface area contributed by atoms with E-state index in [-0.39, 0.29) is 25.5 Å². The molecule has 0 spiro atoms. The molecule has 0 saturated heterocycles. The molecule has 0 radical (unpaired) electrons. The number of ether oxygens (including phenoxy) is 1. The molecule has 3 aromatic rings. The second-order valence-corrected chi connectivity index (χ2v) is 9.02. The molecule has 0 bridgehead atoms. The van der Waals surface area contributed by atoms with Crippen LogP contribution in [0.5, 0.6) is 0 Å². The van der Waals surface area contributed by atoms with Crippen LogP contribution in [0.15, 0.2) is 46.3 Å². The van der Waals surface area contributed by atoms with Crippen molar-refractivity contribution in [3.05, 3.63) is 58.4 Å². The van der Waals surface area contributed by atoms with E-state index in [1.54, 1.807) is 0 Å². The standard InChI is InChI=1S/C18H14F2N2O5S2/c1-27-15(23)9-22-16-13(20)7-11(19)8-14(16)28-18(22)21-17(24)10-3-5-12(6-4-10)29(2,25)26/h3-8H,9H2,1-2H3. The number of carbonyl (C=O) groups is 2. The topological polar surface area (TPSA) is 94.8 Å². The Bertz CT molecular complexity index is 1290. The van der Waals surface area contributed by atoms with E-state index in [9.17, 15) is 26.8 Å². The number of benzene rings is 2. The highest BCUT2D eigenvalue weighted by Gasteiger charge is 2.17. The maximum atomic E-state index is 14.3. The summed E-state index contributed by atoms with van der Waals surface area (Å²) in [5.74, 6) is -3.17. The van der Waals surface area contributed by atoms with Crippen molar-refractivity contribution >= 4 is 43.3 Å². The van der Waals surface area contributed by atoms with Gasteiger partial charge in [0, 0.05) is 17.9 Å². The highest BCUT2D eigenvalue weighted by Crippen LogP contribution is 2.22. The summed E-state index contributed by atoms with van der Waals surface area (Å²) >= 11 is 0.827. The van der Waals surface area contributed by atoms with Gasteiger partial charge in [-0.2, -0.15) is 4.99 Å². The molecule has 7 nitrogen and oxygen atoms in total. The predicted octanol–water partition coefficient (Wildman–Crippen LogP) is 2.30. The summed E-state index contributed by atoms with van der Waals surface area (Å²) in [5.41, 5.74) is 0.00639. The van der Waals surface area contributed by atoms with Crippen molar-refractivity contribution in [1.82, 2.24) is 4.57 Å². The van der Waals surface area contributed by atoms with Crippen LogP contribution < -0.4 is 4.80 Å². The van der Waals surface area contributed by atoms with E-state index in [0.717, 1.165) is 35.3 Å². The number of nitrogens with zero attached hydrogens (tertiary/aromatic N) is 2. The first-order chi connectivity index (χ1) is 13.6. The molecule has 0 unspecified atom stereocenters. The molecule has 1 amide bonds. The van der Waals surface area contributed by atoms with Gasteiger partial charge in [0.2, 0.25) is 0 Å².